The molecule has 1 aromatic rings. The molecule has 0 aliphatic heterocycles. The van der Waals surface area contributed by atoms with Crippen molar-refractivity contribution in [2.45, 2.75) is 38.5 Å². The summed E-state index contributed by atoms with van der Waals surface area (Å²) < 4.78 is 0. The SMILES string of the molecule is CCc1cncc(SCC(=O)CC(C)C)c1. The van der Waals surface area contributed by atoms with Crippen molar-refractivity contribution in [3.63, 3.8) is 0 Å². The summed E-state index contributed by atoms with van der Waals surface area (Å²) in [6.07, 6.45) is 5.36. The zero-order valence-electron chi connectivity index (χ0n) is 10.2. The molecule has 1 heterocycles. The second-order valence-corrected chi connectivity index (χ2v) is 5.36. The van der Waals surface area contributed by atoms with Crippen LogP contribution in [-0.2, 0) is 11.2 Å². The number of Topliss-reactive ketones (excluding diaryl/α,β-unsaturated/α-hetero) is 1. The minimum Gasteiger partial charge on any atom is -0.299 e. The molecule has 0 radical (unpaired) electrons. The van der Waals surface area contributed by atoms with Gasteiger partial charge in [0.2, 0.25) is 0 Å². The number of rotatable bonds is 6. The number of carbonyl (C=O) groups is 1. The molecular weight excluding hydrogens is 218 g/mol. The molecule has 1 rings (SSSR count). The molecule has 2 nitrogen and oxygen atoms in total. The summed E-state index contributed by atoms with van der Waals surface area (Å²) in [4.78, 5) is 16.8. The molecule has 3 heteroatoms. The topological polar surface area (TPSA) is 30.0 Å². The van der Waals surface area contributed by atoms with Crippen LogP contribution in [0, 0.1) is 5.92 Å². The Hall–Kier alpha value is -0.830. The van der Waals surface area contributed by atoms with Gasteiger partial charge in [-0.1, -0.05) is 20.8 Å². The number of ketones is 1. The van der Waals surface area contributed by atoms with Gasteiger partial charge in [0.25, 0.3) is 0 Å². The summed E-state index contributed by atoms with van der Waals surface area (Å²) in [6.45, 7) is 6.25. The number of hydrogen-bond acceptors (Lipinski definition) is 3. The van der Waals surface area contributed by atoms with E-state index in [9.17, 15) is 4.79 Å². The highest BCUT2D eigenvalue weighted by Gasteiger charge is 2.06. The Kier molecular flexibility index (Phi) is 5.53. The molecule has 0 saturated heterocycles. The van der Waals surface area contributed by atoms with Crippen molar-refractivity contribution in [3.8, 4) is 0 Å². The van der Waals surface area contributed by atoms with Crippen molar-refractivity contribution in [1.29, 1.82) is 0 Å². The van der Waals surface area contributed by atoms with Gasteiger partial charge in [0.05, 0.1) is 5.75 Å². The monoisotopic (exact) mass is 237 g/mol. The van der Waals surface area contributed by atoms with Gasteiger partial charge in [0, 0.05) is 23.7 Å². The highest BCUT2D eigenvalue weighted by atomic mass is 32.2. The van der Waals surface area contributed by atoms with E-state index in [0.29, 0.717) is 23.9 Å². The minimum atomic E-state index is 0.321. The van der Waals surface area contributed by atoms with Gasteiger partial charge in [0.15, 0.2) is 0 Å². The predicted octanol–water partition coefficient (Wildman–Crippen LogP) is 3.35. The molecule has 0 N–H and O–H groups in total. The summed E-state index contributed by atoms with van der Waals surface area (Å²) in [5.74, 6) is 1.34. The van der Waals surface area contributed by atoms with Gasteiger partial charge in [0.1, 0.15) is 5.78 Å². The standard InChI is InChI=1S/C13H19NOS/c1-4-11-6-13(8-14-7-11)16-9-12(15)5-10(2)3/h6-8,10H,4-5,9H2,1-3H3. The van der Waals surface area contributed by atoms with Gasteiger partial charge >= 0.3 is 0 Å². The van der Waals surface area contributed by atoms with Crippen LogP contribution in [0.2, 0.25) is 0 Å². The fourth-order valence-corrected chi connectivity index (χ4v) is 2.23. The Labute approximate surface area is 102 Å². The van der Waals surface area contributed by atoms with Crippen molar-refractivity contribution in [2.24, 2.45) is 5.92 Å². The third-order valence-electron chi connectivity index (χ3n) is 2.21. The number of aryl methyl sites for hydroxylation is 1. The van der Waals surface area contributed by atoms with Crippen LogP contribution >= 0.6 is 11.8 Å². The number of nitrogens with zero attached hydrogens (tertiary/aromatic N) is 1. The Morgan fingerprint density at radius 3 is 2.81 bits per heavy atom. The van der Waals surface area contributed by atoms with Crippen molar-refractivity contribution >= 4 is 17.5 Å². The number of hydrogen-bond donors (Lipinski definition) is 0. The van der Waals surface area contributed by atoms with E-state index in [2.05, 4.69) is 31.8 Å². The van der Waals surface area contributed by atoms with Crippen LogP contribution in [0.25, 0.3) is 0 Å². The lowest BCUT2D eigenvalue weighted by Gasteiger charge is -2.04. The number of aromatic nitrogens is 1. The second-order valence-electron chi connectivity index (χ2n) is 4.31. The molecule has 0 aliphatic rings. The first kappa shape index (κ1) is 13.2. The zero-order valence-corrected chi connectivity index (χ0v) is 11.0. The van der Waals surface area contributed by atoms with Crippen LogP contribution in [0.4, 0.5) is 0 Å². The third kappa shape index (κ3) is 4.79. The van der Waals surface area contributed by atoms with E-state index in [1.807, 2.05) is 12.4 Å². The smallest absolute Gasteiger partial charge is 0.143 e. The van der Waals surface area contributed by atoms with E-state index in [1.165, 1.54) is 5.56 Å². The third-order valence-corrected chi connectivity index (χ3v) is 3.24. The molecular formula is C13H19NOS. The van der Waals surface area contributed by atoms with Gasteiger partial charge in [-0.2, -0.15) is 0 Å². The molecule has 0 spiro atoms. The average Bonchev–Trinajstić information content (AvgIpc) is 2.26. The van der Waals surface area contributed by atoms with Crippen molar-refractivity contribution in [3.05, 3.63) is 24.0 Å². The minimum absolute atomic E-state index is 0.321. The quantitative estimate of drug-likeness (QED) is 0.711. The zero-order chi connectivity index (χ0) is 12.0. The van der Waals surface area contributed by atoms with E-state index in [1.54, 1.807) is 11.8 Å². The van der Waals surface area contributed by atoms with Gasteiger partial charge in [-0.05, 0) is 24.0 Å². The fraction of sp³-hybridized carbons (Fsp3) is 0.538. The normalized spacial score (nSPS) is 10.8. The van der Waals surface area contributed by atoms with Crippen molar-refractivity contribution < 1.29 is 4.79 Å². The Morgan fingerprint density at radius 2 is 2.19 bits per heavy atom. The van der Waals surface area contributed by atoms with Crippen LogP contribution in [0.15, 0.2) is 23.4 Å². The van der Waals surface area contributed by atoms with Crippen LogP contribution in [0.5, 0.6) is 0 Å². The first-order chi connectivity index (χ1) is 7.61. The summed E-state index contributed by atoms with van der Waals surface area (Å²) in [5.41, 5.74) is 1.22. The van der Waals surface area contributed by atoms with Crippen LogP contribution in [-0.4, -0.2) is 16.5 Å². The van der Waals surface area contributed by atoms with Gasteiger partial charge in [-0.25, -0.2) is 0 Å². The van der Waals surface area contributed by atoms with Crippen molar-refractivity contribution in [2.75, 3.05) is 5.75 Å². The lowest BCUT2D eigenvalue weighted by Crippen LogP contribution is -2.05. The summed E-state index contributed by atoms with van der Waals surface area (Å²) in [5, 5.41) is 0. The molecule has 0 fully saturated rings. The number of pyridine rings is 1. The Morgan fingerprint density at radius 1 is 1.44 bits per heavy atom. The molecule has 0 amide bonds. The molecule has 88 valence electrons. The molecule has 0 aliphatic carbocycles. The number of thioether (sulfide) groups is 1. The maximum atomic E-state index is 11.5. The van der Waals surface area contributed by atoms with Crippen molar-refractivity contribution in [1.82, 2.24) is 4.98 Å². The molecule has 16 heavy (non-hydrogen) atoms. The lowest BCUT2D eigenvalue weighted by atomic mass is 10.1. The van der Waals surface area contributed by atoms with E-state index in [0.717, 1.165) is 11.3 Å². The molecule has 0 unspecified atom stereocenters. The molecule has 0 aromatic carbocycles. The van der Waals surface area contributed by atoms with E-state index in [-0.39, 0.29) is 0 Å². The van der Waals surface area contributed by atoms with E-state index in [4.69, 9.17) is 0 Å². The highest BCUT2D eigenvalue weighted by molar-refractivity contribution is 8.00. The van der Waals surface area contributed by atoms with Crippen LogP contribution in [0.1, 0.15) is 32.8 Å². The van der Waals surface area contributed by atoms with Gasteiger partial charge in [-0.15, -0.1) is 11.8 Å². The molecule has 1 aromatic heterocycles. The maximum absolute atomic E-state index is 11.5. The van der Waals surface area contributed by atoms with E-state index >= 15 is 0 Å². The maximum Gasteiger partial charge on any atom is 0.143 e. The summed E-state index contributed by atoms with van der Waals surface area (Å²) in [6, 6.07) is 2.11. The molecule has 0 bridgehead atoms. The first-order valence-corrected chi connectivity index (χ1v) is 6.68. The Balaban J connectivity index is 2.45. The predicted molar refractivity (Wildman–Crippen MR) is 68.8 cm³/mol. The fourth-order valence-electron chi connectivity index (χ4n) is 1.41. The lowest BCUT2D eigenvalue weighted by molar-refractivity contribution is -0.117. The summed E-state index contributed by atoms with van der Waals surface area (Å²) in [7, 11) is 0. The Bertz CT molecular complexity index is 350. The van der Waals surface area contributed by atoms with Crippen LogP contribution in [0.3, 0.4) is 0 Å². The summed E-state index contributed by atoms with van der Waals surface area (Å²) >= 11 is 1.59. The molecule has 0 saturated carbocycles. The number of carbonyl (C=O) groups excluding carboxylic acids is 1. The average molecular weight is 237 g/mol. The highest BCUT2D eigenvalue weighted by Crippen LogP contribution is 2.19. The second kappa shape index (κ2) is 6.69. The largest absolute Gasteiger partial charge is 0.299 e. The van der Waals surface area contributed by atoms with Gasteiger partial charge < -0.3 is 0 Å². The van der Waals surface area contributed by atoms with Crippen LogP contribution < -0.4 is 0 Å². The van der Waals surface area contributed by atoms with Gasteiger partial charge in [-0.3, -0.25) is 9.78 Å². The first-order valence-electron chi connectivity index (χ1n) is 5.70. The molecule has 0 atom stereocenters. The van der Waals surface area contributed by atoms with E-state index < -0.39 is 0 Å².